The standard InChI is InChI=1S/C21H21N5O5/c22-8-15-9-23-19(7-18(15)31-16-3-5-30-12-16)25-21(29)26-4-1-2-13-6-14(10-27)17(11-28)24-20(13)26/h6-7,9,11,16,27H,1-5,10,12H2,(H,23,25,29)/t16-/m1/s1. The number of carbonyl (C=O) groups excluding carboxylic acids is 2. The van der Waals surface area contributed by atoms with Gasteiger partial charge in [-0.25, -0.2) is 14.8 Å². The molecule has 160 valence electrons. The van der Waals surface area contributed by atoms with Crippen LogP contribution in [-0.2, 0) is 17.8 Å². The first-order valence-electron chi connectivity index (χ1n) is 9.94. The lowest BCUT2D eigenvalue weighted by atomic mass is 10.0. The average Bonchev–Trinajstić information content (AvgIpc) is 3.31. The molecule has 31 heavy (non-hydrogen) atoms. The Hall–Kier alpha value is -3.55. The first-order chi connectivity index (χ1) is 15.1. The Morgan fingerprint density at radius 1 is 1.48 bits per heavy atom. The predicted molar refractivity (Wildman–Crippen MR) is 109 cm³/mol. The number of nitriles is 1. The molecule has 4 rings (SSSR count). The molecule has 10 heteroatoms. The van der Waals surface area contributed by atoms with Gasteiger partial charge in [-0.05, 0) is 24.5 Å². The number of hydrogen-bond donors (Lipinski definition) is 2. The third-order valence-electron chi connectivity index (χ3n) is 5.20. The minimum Gasteiger partial charge on any atom is -0.486 e. The molecular formula is C21H21N5O5. The molecule has 1 fully saturated rings. The molecule has 1 atom stereocenters. The lowest BCUT2D eigenvalue weighted by molar-refractivity contribution is 0.111. The molecular weight excluding hydrogens is 402 g/mol. The van der Waals surface area contributed by atoms with E-state index in [4.69, 9.17) is 9.47 Å². The van der Waals surface area contributed by atoms with Crippen LogP contribution in [0.5, 0.6) is 5.75 Å². The summed E-state index contributed by atoms with van der Waals surface area (Å²) >= 11 is 0. The molecule has 0 unspecified atom stereocenters. The Kier molecular flexibility index (Phi) is 6.06. The van der Waals surface area contributed by atoms with Gasteiger partial charge in [-0.3, -0.25) is 15.0 Å². The number of hydrogen-bond acceptors (Lipinski definition) is 8. The molecule has 2 N–H and O–H groups in total. The summed E-state index contributed by atoms with van der Waals surface area (Å²) in [6.45, 7) is 1.16. The summed E-state index contributed by atoms with van der Waals surface area (Å²) in [6, 6.07) is 4.79. The summed E-state index contributed by atoms with van der Waals surface area (Å²) in [4.78, 5) is 34.2. The highest BCUT2D eigenvalue weighted by molar-refractivity contribution is 6.01. The molecule has 0 aliphatic carbocycles. The summed E-state index contributed by atoms with van der Waals surface area (Å²) < 4.78 is 11.1. The second-order valence-corrected chi connectivity index (χ2v) is 7.26. The molecule has 2 amide bonds. The summed E-state index contributed by atoms with van der Waals surface area (Å²) in [5.41, 5.74) is 1.59. The van der Waals surface area contributed by atoms with Crippen LogP contribution in [0.4, 0.5) is 16.4 Å². The van der Waals surface area contributed by atoms with Crippen molar-refractivity contribution in [3.63, 3.8) is 0 Å². The second kappa shape index (κ2) is 9.07. The number of ether oxygens (including phenoxy) is 2. The zero-order valence-electron chi connectivity index (χ0n) is 16.7. The van der Waals surface area contributed by atoms with E-state index in [2.05, 4.69) is 15.3 Å². The van der Waals surface area contributed by atoms with E-state index in [0.29, 0.717) is 56.0 Å². The van der Waals surface area contributed by atoms with Crippen LogP contribution in [0, 0.1) is 11.3 Å². The van der Waals surface area contributed by atoms with Crippen molar-refractivity contribution in [2.24, 2.45) is 0 Å². The molecule has 0 spiro atoms. The highest BCUT2D eigenvalue weighted by atomic mass is 16.5. The van der Waals surface area contributed by atoms with Gasteiger partial charge >= 0.3 is 6.03 Å². The van der Waals surface area contributed by atoms with E-state index in [-0.39, 0.29) is 29.8 Å². The Morgan fingerprint density at radius 2 is 2.35 bits per heavy atom. The predicted octanol–water partition coefficient (Wildman–Crippen LogP) is 1.81. The SMILES string of the molecule is N#Cc1cnc(NC(=O)N2CCCc3cc(CO)c(C=O)nc32)cc1O[C@@H]1CCOC1. The minimum absolute atomic E-state index is 0.104. The number of aryl methyl sites for hydroxylation is 1. The molecule has 2 aromatic rings. The van der Waals surface area contributed by atoms with Crippen molar-refractivity contribution in [3.05, 3.63) is 40.7 Å². The first kappa shape index (κ1) is 20.7. The average molecular weight is 423 g/mol. The van der Waals surface area contributed by atoms with Crippen molar-refractivity contribution in [1.82, 2.24) is 9.97 Å². The van der Waals surface area contributed by atoms with Crippen molar-refractivity contribution in [1.29, 1.82) is 5.26 Å². The van der Waals surface area contributed by atoms with Crippen LogP contribution in [0.3, 0.4) is 0 Å². The van der Waals surface area contributed by atoms with Crippen molar-refractivity contribution < 1.29 is 24.2 Å². The number of aliphatic hydroxyl groups excluding tert-OH is 1. The van der Waals surface area contributed by atoms with Crippen LogP contribution in [0.25, 0.3) is 0 Å². The highest BCUT2D eigenvalue weighted by Gasteiger charge is 2.26. The van der Waals surface area contributed by atoms with Crippen LogP contribution in [0.15, 0.2) is 18.3 Å². The maximum absolute atomic E-state index is 13.0. The maximum Gasteiger partial charge on any atom is 0.328 e. The van der Waals surface area contributed by atoms with Gasteiger partial charge < -0.3 is 14.6 Å². The molecule has 2 aliphatic heterocycles. The van der Waals surface area contributed by atoms with E-state index in [1.165, 1.54) is 17.2 Å². The Morgan fingerprint density at radius 3 is 3.06 bits per heavy atom. The lowest BCUT2D eigenvalue weighted by Crippen LogP contribution is -2.39. The third-order valence-corrected chi connectivity index (χ3v) is 5.20. The number of urea groups is 1. The topological polar surface area (TPSA) is 138 Å². The number of nitrogens with zero attached hydrogens (tertiary/aromatic N) is 4. The maximum atomic E-state index is 13.0. The number of nitrogens with one attached hydrogen (secondary N) is 1. The van der Waals surface area contributed by atoms with Gasteiger partial charge in [0.05, 0.1) is 26.0 Å². The molecule has 0 aromatic carbocycles. The fraction of sp³-hybridized carbons (Fsp3) is 0.381. The van der Waals surface area contributed by atoms with E-state index < -0.39 is 6.03 Å². The number of aliphatic hydroxyl groups is 1. The molecule has 1 saturated heterocycles. The molecule has 0 saturated carbocycles. The summed E-state index contributed by atoms with van der Waals surface area (Å²) in [6.07, 6.45) is 3.88. The molecule has 4 heterocycles. The van der Waals surface area contributed by atoms with Crippen molar-refractivity contribution >= 4 is 24.0 Å². The molecule has 10 nitrogen and oxygen atoms in total. The summed E-state index contributed by atoms with van der Waals surface area (Å²) in [5, 5.41) is 21.5. The van der Waals surface area contributed by atoms with E-state index >= 15 is 0 Å². The Bertz CT molecular complexity index is 1050. The minimum atomic E-state index is -0.464. The zero-order chi connectivity index (χ0) is 21.8. The van der Waals surface area contributed by atoms with Crippen LogP contribution in [-0.4, -0.2) is 53.3 Å². The van der Waals surface area contributed by atoms with Gasteiger partial charge in [-0.15, -0.1) is 0 Å². The van der Waals surface area contributed by atoms with Crippen LogP contribution < -0.4 is 15.0 Å². The largest absolute Gasteiger partial charge is 0.486 e. The quantitative estimate of drug-likeness (QED) is 0.695. The Labute approximate surface area is 178 Å². The zero-order valence-corrected chi connectivity index (χ0v) is 16.7. The van der Waals surface area contributed by atoms with Gasteiger partial charge in [0.2, 0.25) is 0 Å². The monoisotopic (exact) mass is 423 g/mol. The van der Waals surface area contributed by atoms with Crippen molar-refractivity contribution in [2.75, 3.05) is 30.0 Å². The fourth-order valence-corrected chi connectivity index (χ4v) is 3.63. The number of carbonyl (C=O) groups is 2. The first-order valence-corrected chi connectivity index (χ1v) is 9.94. The van der Waals surface area contributed by atoms with Crippen LogP contribution in [0.1, 0.15) is 40.0 Å². The Balaban J connectivity index is 1.56. The highest BCUT2D eigenvalue weighted by Crippen LogP contribution is 2.29. The summed E-state index contributed by atoms with van der Waals surface area (Å²) in [5.74, 6) is 0.945. The van der Waals surface area contributed by atoms with E-state index in [1.807, 2.05) is 6.07 Å². The number of pyridine rings is 2. The smallest absolute Gasteiger partial charge is 0.328 e. The van der Waals surface area contributed by atoms with Crippen molar-refractivity contribution in [2.45, 2.75) is 32.0 Å². The van der Waals surface area contributed by atoms with Gasteiger partial charge in [-0.2, -0.15) is 5.26 Å². The van der Waals surface area contributed by atoms with Gasteiger partial charge in [0.1, 0.15) is 40.8 Å². The van der Waals surface area contributed by atoms with Gasteiger partial charge in [0.15, 0.2) is 6.29 Å². The number of anilines is 2. The van der Waals surface area contributed by atoms with Crippen molar-refractivity contribution in [3.8, 4) is 11.8 Å². The number of aldehydes is 1. The van der Waals surface area contributed by atoms with Gasteiger partial charge in [0.25, 0.3) is 0 Å². The van der Waals surface area contributed by atoms with E-state index in [1.54, 1.807) is 6.07 Å². The number of rotatable bonds is 5. The molecule has 0 bridgehead atoms. The lowest BCUT2D eigenvalue weighted by Gasteiger charge is -2.29. The molecule has 0 radical (unpaired) electrons. The second-order valence-electron chi connectivity index (χ2n) is 7.26. The van der Waals surface area contributed by atoms with Crippen LogP contribution in [0.2, 0.25) is 0 Å². The van der Waals surface area contributed by atoms with Gasteiger partial charge in [-0.1, -0.05) is 0 Å². The number of amides is 2. The fourth-order valence-electron chi connectivity index (χ4n) is 3.63. The number of aromatic nitrogens is 2. The molecule has 2 aromatic heterocycles. The summed E-state index contributed by atoms with van der Waals surface area (Å²) in [7, 11) is 0. The normalized spacial score (nSPS) is 17.5. The number of fused-ring (bicyclic) bond motifs is 1. The molecule has 2 aliphatic rings. The van der Waals surface area contributed by atoms with E-state index in [0.717, 1.165) is 12.0 Å². The third kappa shape index (κ3) is 4.33. The van der Waals surface area contributed by atoms with E-state index in [9.17, 15) is 20.0 Å². The van der Waals surface area contributed by atoms with Gasteiger partial charge in [0, 0.05) is 24.6 Å². The van der Waals surface area contributed by atoms with Crippen LogP contribution >= 0.6 is 0 Å².